The van der Waals surface area contributed by atoms with Crippen LogP contribution in [0.4, 0.5) is 5.69 Å². The first-order valence-electron chi connectivity index (χ1n) is 9.94. The number of nitrogens with zero attached hydrogens (tertiary/aromatic N) is 2. The summed E-state index contributed by atoms with van der Waals surface area (Å²) in [5, 5.41) is 2.75. The number of benzene rings is 1. The maximum absolute atomic E-state index is 13.2. The van der Waals surface area contributed by atoms with Crippen LogP contribution in [-0.2, 0) is 19.6 Å². The number of carbonyl (C=O) groups is 2. The second kappa shape index (κ2) is 8.31. The number of ether oxygens (including phenoxy) is 1. The topological polar surface area (TPSA) is 96.0 Å². The number of carbonyl (C=O) groups excluding carboxylic acids is 2. The van der Waals surface area contributed by atoms with Gasteiger partial charge >= 0.3 is 0 Å². The first-order chi connectivity index (χ1) is 13.6. The van der Waals surface area contributed by atoms with Crippen LogP contribution >= 0.6 is 0 Å². The Morgan fingerprint density at radius 2 is 1.90 bits per heavy atom. The zero-order valence-electron chi connectivity index (χ0n) is 17.3. The number of sulfonamides is 1. The van der Waals surface area contributed by atoms with E-state index in [1.165, 1.54) is 21.3 Å². The standard InChI is InChI=1S/C20H29N3O5S/c1-13(2)21-19(24)11-23-17-8-16(5-6-18(17)28-12-20(23)25)29(26,27)22-9-14(3)7-15(4)10-22/h5-6,8,13-15H,7,9-12H2,1-4H3,(H,21,24)/t14-,15-/m1/s1. The highest BCUT2D eigenvalue weighted by molar-refractivity contribution is 7.89. The van der Waals surface area contributed by atoms with Crippen LogP contribution in [-0.4, -0.2) is 56.8 Å². The largest absolute Gasteiger partial charge is 0.482 e. The molecular weight excluding hydrogens is 394 g/mol. The molecule has 160 valence electrons. The number of amides is 2. The number of hydrogen-bond acceptors (Lipinski definition) is 5. The Morgan fingerprint density at radius 1 is 1.24 bits per heavy atom. The third-order valence-electron chi connectivity index (χ3n) is 5.10. The molecule has 2 atom stereocenters. The summed E-state index contributed by atoms with van der Waals surface area (Å²) >= 11 is 0. The van der Waals surface area contributed by atoms with Crippen molar-refractivity contribution in [3.05, 3.63) is 18.2 Å². The molecule has 2 aliphatic rings. The Balaban J connectivity index is 1.92. The van der Waals surface area contributed by atoms with Crippen LogP contribution in [0.3, 0.4) is 0 Å². The van der Waals surface area contributed by atoms with Crippen molar-refractivity contribution in [3.63, 3.8) is 0 Å². The Bertz CT molecular complexity index is 889. The van der Waals surface area contributed by atoms with E-state index < -0.39 is 10.0 Å². The van der Waals surface area contributed by atoms with Gasteiger partial charge < -0.3 is 10.1 Å². The highest BCUT2D eigenvalue weighted by Gasteiger charge is 2.34. The molecule has 1 aromatic carbocycles. The number of anilines is 1. The molecule has 2 heterocycles. The number of nitrogens with one attached hydrogen (secondary N) is 1. The van der Waals surface area contributed by atoms with Crippen LogP contribution in [0.5, 0.6) is 5.75 Å². The molecule has 0 spiro atoms. The van der Waals surface area contributed by atoms with Gasteiger partial charge in [0.2, 0.25) is 15.9 Å². The summed E-state index contributed by atoms with van der Waals surface area (Å²) in [5.41, 5.74) is 0.305. The summed E-state index contributed by atoms with van der Waals surface area (Å²) in [4.78, 5) is 26.0. The summed E-state index contributed by atoms with van der Waals surface area (Å²) in [5.74, 6) is 0.264. The van der Waals surface area contributed by atoms with Gasteiger partial charge in [0.15, 0.2) is 6.61 Å². The lowest BCUT2D eigenvalue weighted by atomic mass is 9.94. The van der Waals surface area contributed by atoms with Crippen molar-refractivity contribution in [2.75, 3.05) is 31.1 Å². The Kier molecular flexibility index (Phi) is 6.19. The summed E-state index contributed by atoms with van der Waals surface area (Å²) in [6, 6.07) is 4.43. The van der Waals surface area contributed by atoms with Gasteiger partial charge in [-0.15, -0.1) is 0 Å². The molecule has 0 radical (unpaired) electrons. The molecule has 29 heavy (non-hydrogen) atoms. The zero-order chi connectivity index (χ0) is 21.3. The number of rotatable bonds is 5. The van der Waals surface area contributed by atoms with E-state index in [0.29, 0.717) is 24.5 Å². The molecule has 1 N–H and O–H groups in total. The predicted molar refractivity (Wildman–Crippen MR) is 109 cm³/mol. The van der Waals surface area contributed by atoms with Crippen molar-refractivity contribution >= 4 is 27.5 Å². The van der Waals surface area contributed by atoms with Crippen molar-refractivity contribution in [3.8, 4) is 5.75 Å². The number of hydrogen-bond donors (Lipinski definition) is 1. The monoisotopic (exact) mass is 423 g/mol. The Morgan fingerprint density at radius 3 is 2.52 bits per heavy atom. The summed E-state index contributed by atoms with van der Waals surface area (Å²) < 4.78 is 33.4. The zero-order valence-corrected chi connectivity index (χ0v) is 18.2. The predicted octanol–water partition coefficient (Wildman–Crippen LogP) is 1.60. The molecule has 1 saturated heterocycles. The van der Waals surface area contributed by atoms with E-state index in [1.807, 2.05) is 27.7 Å². The highest BCUT2D eigenvalue weighted by Crippen LogP contribution is 2.36. The van der Waals surface area contributed by atoms with Gasteiger partial charge in [-0.1, -0.05) is 13.8 Å². The molecular formula is C20H29N3O5S. The number of fused-ring (bicyclic) bond motifs is 1. The van der Waals surface area contributed by atoms with Gasteiger partial charge in [-0.3, -0.25) is 14.5 Å². The first kappa shape index (κ1) is 21.6. The normalized spacial score (nSPS) is 22.9. The van der Waals surface area contributed by atoms with E-state index in [9.17, 15) is 18.0 Å². The lowest BCUT2D eigenvalue weighted by Gasteiger charge is -2.34. The van der Waals surface area contributed by atoms with Crippen LogP contribution in [0.15, 0.2) is 23.1 Å². The lowest BCUT2D eigenvalue weighted by molar-refractivity contribution is -0.125. The van der Waals surface area contributed by atoms with Crippen LogP contribution in [0.1, 0.15) is 34.1 Å². The highest BCUT2D eigenvalue weighted by atomic mass is 32.2. The average Bonchev–Trinajstić information content (AvgIpc) is 2.62. The maximum atomic E-state index is 13.2. The molecule has 0 unspecified atom stereocenters. The molecule has 3 rings (SSSR count). The first-order valence-corrected chi connectivity index (χ1v) is 11.4. The quantitative estimate of drug-likeness (QED) is 0.776. The lowest BCUT2D eigenvalue weighted by Crippen LogP contribution is -2.46. The van der Waals surface area contributed by atoms with Crippen molar-refractivity contribution in [2.45, 2.75) is 45.1 Å². The fourth-order valence-corrected chi connectivity index (χ4v) is 5.68. The third-order valence-corrected chi connectivity index (χ3v) is 6.93. The van der Waals surface area contributed by atoms with Crippen molar-refractivity contribution in [1.29, 1.82) is 0 Å². The second-order valence-electron chi connectivity index (χ2n) is 8.39. The minimum atomic E-state index is -3.71. The summed E-state index contributed by atoms with van der Waals surface area (Å²) in [6.07, 6.45) is 0.997. The third kappa shape index (κ3) is 4.72. The fourth-order valence-electron chi connectivity index (χ4n) is 3.98. The van der Waals surface area contributed by atoms with Crippen molar-refractivity contribution in [1.82, 2.24) is 9.62 Å². The molecule has 0 aliphatic carbocycles. The van der Waals surface area contributed by atoms with Gasteiger partial charge in [-0.05, 0) is 50.3 Å². The van der Waals surface area contributed by atoms with E-state index in [1.54, 1.807) is 6.07 Å². The molecule has 2 amide bonds. The maximum Gasteiger partial charge on any atom is 0.265 e. The molecule has 1 fully saturated rings. The average molecular weight is 424 g/mol. The fraction of sp³-hybridized carbons (Fsp3) is 0.600. The Hall–Kier alpha value is -2.13. The summed E-state index contributed by atoms with van der Waals surface area (Å²) in [7, 11) is -3.71. The SMILES string of the molecule is CC(C)NC(=O)CN1C(=O)COc2ccc(S(=O)(=O)N3C[C@H](C)C[C@@H](C)C3)cc21. The second-order valence-corrected chi connectivity index (χ2v) is 10.3. The van der Waals surface area contributed by atoms with Gasteiger partial charge in [0.1, 0.15) is 12.3 Å². The van der Waals surface area contributed by atoms with Gasteiger partial charge in [0.05, 0.1) is 10.6 Å². The van der Waals surface area contributed by atoms with E-state index in [2.05, 4.69) is 5.32 Å². The van der Waals surface area contributed by atoms with Crippen LogP contribution < -0.4 is 15.0 Å². The van der Waals surface area contributed by atoms with E-state index in [4.69, 9.17) is 4.74 Å². The molecule has 2 aliphatic heterocycles. The number of piperidine rings is 1. The molecule has 0 bridgehead atoms. The van der Waals surface area contributed by atoms with E-state index in [-0.39, 0.29) is 47.7 Å². The molecule has 0 saturated carbocycles. The van der Waals surface area contributed by atoms with Crippen LogP contribution in [0.25, 0.3) is 0 Å². The van der Waals surface area contributed by atoms with Crippen LogP contribution in [0, 0.1) is 11.8 Å². The molecule has 8 nitrogen and oxygen atoms in total. The van der Waals surface area contributed by atoms with Gasteiger partial charge in [0, 0.05) is 19.1 Å². The van der Waals surface area contributed by atoms with E-state index in [0.717, 1.165) is 6.42 Å². The van der Waals surface area contributed by atoms with Crippen LogP contribution in [0.2, 0.25) is 0 Å². The molecule has 9 heteroatoms. The molecule has 0 aromatic heterocycles. The van der Waals surface area contributed by atoms with Crippen molar-refractivity contribution in [2.24, 2.45) is 11.8 Å². The summed E-state index contributed by atoms with van der Waals surface area (Å²) in [6.45, 7) is 8.33. The van der Waals surface area contributed by atoms with Gasteiger partial charge in [-0.25, -0.2) is 8.42 Å². The minimum Gasteiger partial charge on any atom is -0.482 e. The molecule has 1 aromatic rings. The van der Waals surface area contributed by atoms with E-state index >= 15 is 0 Å². The minimum absolute atomic E-state index is 0.0621. The smallest absolute Gasteiger partial charge is 0.265 e. The Labute approximate surface area is 172 Å². The van der Waals surface area contributed by atoms with Crippen molar-refractivity contribution < 1.29 is 22.7 Å². The van der Waals surface area contributed by atoms with Gasteiger partial charge in [0.25, 0.3) is 5.91 Å². The van der Waals surface area contributed by atoms with Gasteiger partial charge in [-0.2, -0.15) is 4.31 Å².